The minimum absolute atomic E-state index is 0.000360. The molecule has 0 amide bonds. The molecule has 0 aliphatic carbocycles. The smallest absolute Gasteiger partial charge is 0.286 e. The maximum atomic E-state index is 13.0. The van der Waals surface area contributed by atoms with E-state index in [0.717, 1.165) is 12.3 Å². The first-order valence-electron chi connectivity index (χ1n) is 3.81. The van der Waals surface area contributed by atoms with Gasteiger partial charge in [0.1, 0.15) is 11.6 Å². The minimum Gasteiger partial charge on any atom is -0.286 e. The Kier molecular flexibility index (Phi) is 3.38. The van der Waals surface area contributed by atoms with Gasteiger partial charge in [-0.1, -0.05) is 11.8 Å². The van der Waals surface area contributed by atoms with Crippen LogP contribution in [-0.2, 0) is 0 Å². The quantitative estimate of drug-likeness (QED) is 0.594. The van der Waals surface area contributed by atoms with Gasteiger partial charge in [0.15, 0.2) is 0 Å². The van der Waals surface area contributed by atoms with E-state index >= 15 is 0 Å². The molecule has 6 heteroatoms. The van der Waals surface area contributed by atoms with Gasteiger partial charge in [0.25, 0.3) is 0 Å². The van der Waals surface area contributed by atoms with Crippen molar-refractivity contribution in [3.05, 3.63) is 35.4 Å². The van der Waals surface area contributed by atoms with Crippen molar-refractivity contribution in [3.8, 4) is 0 Å². The van der Waals surface area contributed by atoms with Gasteiger partial charge >= 0.3 is 5.25 Å². The van der Waals surface area contributed by atoms with E-state index in [4.69, 9.17) is 0 Å². The van der Waals surface area contributed by atoms with Crippen LogP contribution in [0.5, 0.6) is 0 Å². The zero-order valence-electron chi connectivity index (χ0n) is 7.56. The number of thioether (sulfide) groups is 1. The SMILES string of the molecule is CSC(F)(F)C(=O)c1ccc(F)cc1F. The van der Waals surface area contributed by atoms with Crippen molar-refractivity contribution in [3.63, 3.8) is 0 Å². The van der Waals surface area contributed by atoms with Crippen LogP contribution >= 0.6 is 11.8 Å². The Morgan fingerprint density at radius 2 is 1.93 bits per heavy atom. The van der Waals surface area contributed by atoms with Gasteiger partial charge in [-0.05, 0) is 18.4 Å². The molecule has 0 heterocycles. The van der Waals surface area contributed by atoms with Gasteiger partial charge in [-0.25, -0.2) is 8.78 Å². The molecule has 0 atom stereocenters. The summed E-state index contributed by atoms with van der Waals surface area (Å²) in [7, 11) is 0. The summed E-state index contributed by atoms with van der Waals surface area (Å²) in [6.45, 7) is 0. The van der Waals surface area contributed by atoms with Crippen LogP contribution in [0.3, 0.4) is 0 Å². The van der Waals surface area contributed by atoms with Crippen molar-refractivity contribution in [1.82, 2.24) is 0 Å². The lowest BCUT2D eigenvalue weighted by atomic mass is 10.1. The molecule has 0 saturated carbocycles. The highest BCUT2D eigenvalue weighted by Crippen LogP contribution is 2.31. The van der Waals surface area contributed by atoms with Gasteiger partial charge in [0.2, 0.25) is 5.78 Å². The predicted octanol–water partition coefficient (Wildman–Crippen LogP) is 3.10. The van der Waals surface area contributed by atoms with E-state index in [1.807, 2.05) is 0 Å². The summed E-state index contributed by atoms with van der Waals surface area (Å²) in [5, 5.41) is -3.70. The lowest BCUT2D eigenvalue weighted by Crippen LogP contribution is -2.25. The van der Waals surface area contributed by atoms with Crippen LogP contribution in [-0.4, -0.2) is 17.3 Å². The van der Waals surface area contributed by atoms with E-state index in [2.05, 4.69) is 0 Å². The Balaban J connectivity index is 3.12. The van der Waals surface area contributed by atoms with Crippen LogP contribution in [0.4, 0.5) is 17.6 Å². The van der Waals surface area contributed by atoms with Crippen molar-refractivity contribution >= 4 is 17.5 Å². The van der Waals surface area contributed by atoms with Gasteiger partial charge in [-0.2, -0.15) is 8.78 Å². The second-order valence-electron chi connectivity index (χ2n) is 2.67. The molecule has 82 valence electrons. The average Bonchev–Trinajstić information content (AvgIpc) is 2.17. The molecule has 1 rings (SSSR count). The second kappa shape index (κ2) is 4.22. The lowest BCUT2D eigenvalue weighted by molar-refractivity contribution is 0.0563. The van der Waals surface area contributed by atoms with E-state index in [-0.39, 0.29) is 11.8 Å². The van der Waals surface area contributed by atoms with E-state index in [0.29, 0.717) is 12.1 Å². The minimum atomic E-state index is -3.70. The van der Waals surface area contributed by atoms with Crippen molar-refractivity contribution in [1.29, 1.82) is 0 Å². The molecule has 0 radical (unpaired) electrons. The Labute approximate surface area is 87.5 Å². The van der Waals surface area contributed by atoms with E-state index in [1.54, 1.807) is 0 Å². The summed E-state index contributed by atoms with van der Waals surface area (Å²) < 4.78 is 51.1. The zero-order chi connectivity index (χ0) is 11.6. The monoisotopic (exact) mass is 238 g/mol. The number of benzene rings is 1. The first-order valence-corrected chi connectivity index (χ1v) is 5.04. The first kappa shape index (κ1) is 12.0. The summed E-state index contributed by atoms with van der Waals surface area (Å²) in [5.41, 5.74) is -0.809. The van der Waals surface area contributed by atoms with Crippen LogP contribution in [0, 0.1) is 11.6 Å². The molecule has 0 spiro atoms. The van der Waals surface area contributed by atoms with Crippen LogP contribution in [0.15, 0.2) is 18.2 Å². The molecule has 0 N–H and O–H groups in total. The van der Waals surface area contributed by atoms with Crippen LogP contribution in [0.2, 0.25) is 0 Å². The number of hydrogen-bond donors (Lipinski definition) is 0. The van der Waals surface area contributed by atoms with Gasteiger partial charge in [-0.3, -0.25) is 4.79 Å². The Hall–Kier alpha value is -1.04. The molecule has 1 aromatic rings. The highest BCUT2D eigenvalue weighted by atomic mass is 32.2. The van der Waals surface area contributed by atoms with E-state index < -0.39 is 28.2 Å². The Bertz CT molecular complexity index is 392. The summed E-state index contributed by atoms with van der Waals surface area (Å²) in [6, 6.07) is 1.85. The zero-order valence-corrected chi connectivity index (χ0v) is 8.38. The fourth-order valence-corrected chi connectivity index (χ4v) is 1.22. The van der Waals surface area contributed by atoms with Crippen molar-refractivity contribution in [2.75, 3.05) is 6.26 Å². The molecule has 0 aliphatic rings. The molecule has 0 fully saturated rings. The second-order valence-corrected chi connectivity index (χ2v) is 3.60. The molecule has 1 nitrogen and oxygen atoms in total. The van der Waals surface area contributed by atoms with Crippen LogP contribution in [0.1, 0.15) is 10.4 Å². The van der Waals surface area contributed by atoms with E-state index in [9.17, 15) is 22.4 Å². The third-order valence-corrected chi connectivity index (χ3v) is 2.39. The number of hydrogen-bond acceptors (Lipinski definition) is 2. The third kappa shape index (κ3) is 2.50. The molecule has 1 aromatic carbocycles. The number of carbonyl (C=O) groups excluding carboxylic acids is 1. The number of Topliss-reactive ketones (excluding diaryl/α,β-unsaturated/α-hetero) is 1. The summed E-state index contributed by atoms with van der Waals surface area (Å²) >= 11 is -0.000360. The molecule has 0 bridgehead atoms. The third-order valence-electron chi connectivity index (χ3n) is 1.70. The lowest BCUT2D eigenvalue weighted by Gasteiger charge is -2.11. The molecule has 15 heavy (non-hydrogen) atoms. The number of carbonyl (C=O) groups is 1. The fourth-order valence-electron chi connectivity index (χ4n) is 0.923. The van der Waals surface area contributed by atoms with Gasteiger partial charge in [0, 0.05) is 6.07 Å². The fraction of sp³-hybridized carbons (Fsp3) is 0.222. The number of rotatable bonds is 3. The largest absolute Gasteiger partial charge is 0.355 e. The average molecular weight is 238 g/mol. The number of alkyl halides is 2. The Morgan fingerprint density at radius 3 is 2.40 bits per heavy atom. The van der Waals surface area contributed by atoms with Crippen LogP contribution in [0.25, 0.3) is 0 Å². The highest BCUT2D eigenvalue weighted by Gasteiger charge is 2.39. The molecule has 0 unspecified atom stereocenters. The molecular formula is C9H6F4OS. The van der Waals surface area contributed by atoms with Gasteiger partial charge in [0.05, 0.1) is 5.56 Å². The van der Waals surface area contributed by atoms with Crippen molar-refractivity contribution in [2.45, 2.75) is 5.25 Å². The maximum Gasteiger partial charge on any atom is 0.355 e. The summed E-state index contributed by atoms with van der Waals surface area (Å²) in [4.78, 5) is 11.1. The van der Waals surface area contributed by atoms with Crippen molar-refractivity contribution in [2.24, 2.45) is 0 Å². The molecule has 0 saturated heterocycles. The normalized spacial score (nSPS) is 11.5. The van der Waals surface area contributed by atoms with E-state index in [1.165, 1.54) is 0 Å². The van der Waals surface area contributed by atoms with Gasteiger partial charge in [-0.15, -0.1) is 0 Å². The molecule has 0 aromatic heterocycles. The number of ketones is 1. The highest BCUT2D eigenvalue weighted by molar-refractivity contribution is 8.00. The Morgan fingerprint density at radius 1 is 1.33 bits per heavy atom. The molecular weight excluding hydrogens is 232 g/mol. The van der Waals surface area contributed by atoms with Gasteiger partial charge < -0.3 is 0 Å². The van der Waals surface area contributed by atoms with Crippen molar-refractivity contribution < 1.29 is 22.4 Å². The predicted molar refractivity (Wildman–Crippen MR) is 49.2 cm³/mol. The number of halogens is 4. The first-order chi connectivity index (χ1) is 6.88. The standard InChI is InChI=1S/C9H6F4OS/c1-15-9(12,13)8(14)6-3-2-5(10)4-7(6)11/h2-4H,1H3. The molecule has 0 aliphatic heterocycles. The topological polar surface area (TPSA) is 17.1 Å². The maximum absolute atomic E-state index is 13.0. The summed E-state index contributed by atoms with van der Waals surface area (Å²) in [6.07, 6.45) is 1.03. The summed E-state index contributed by atoms with van der Waals surface area (Å²) in [5.74, 6) is -3.86. The van der Waals surface area contributed by atoms with Crippen LogP contribution < -0.4 is 0 Å².